The number of fused-ring (bicyclic) bond motifs is 1. The summed E-state index contributed by atoms with van der Waals surface area (Å²) in [6.07, 6.45) is -3.34. The van der Waals surface area contributed by atoms with Gasteiger partial charge in [-0.15, -0.1) is 0 Å². The van der Waals surface area contributed by atoms with E-state index in [1.807, 2.05) is 0 Å². The largest absolute Gasteiger partial charge is 0.507 e. The van der Waals surface area contributed by atoms with Crippen LogP contribution in [0.25, 0.3) is 0 Å². The smallest absolute Gasteiger partial charge is 0.420 e. The Hall–Kier alpha value is -1.60. The van der Waals surface area contributed by atoms with Gasteiger partial charge in [-0.25, -0.2) is 0 Å². The summed E-state index contributed by atoms with van der Waals surface area (Å²) in [5.41, 5.74) is -1.60. The maximum Gasteiger partial charge on any atom is 0.420 e. The Labute approximate surface area is 218 Å². The fourth-order valence-corrected chi connectivity index (χ4v) is 5.58. The van der Waals surface area contributed by atoms with E-state index in [2.05, 4.69) is 20.8 Å². The van der Waals surface area contributed by atoms with E-state index in [-0.39, 0.29) is 49.2 Å². The molecule has 0 spiro atoms. The van der Waals surface area contributed by atoms with E-state index in [0.29, 0.717) is 35.8 Å². The van der Waals surface area contributed by atoms with Crippen molar-refractivity contribution >= 4 is 0 Å². The molecule has 8 heteroatoms. The molecule has 0 aromatic heterocycles. The van der Waals surface area contributed by atoms with E-state index in [4.69, 9.17) is 4.74 Å². The van der Waals surface area contributed by atoms with Gasteiger partial charge < -0.3 is 9.84 Å². The summed E-state index contributed by atoms with van der Waals surface area (Å²) in [4.78, 5) is 0. The molecule has 0 saturated heterocycles. The van der Waals surface area contributed by atoms with Crippen molar-refractivity contribution in [2.75, 3.05) is 0 Å². The van der Waals surface area contributed by atoms with E-state index in [0.717, 1.165) is 25.7 Å². The van der Waals surface area contributed by atoms with E-state index in [1.165, 1.54) is 6.92 Å². The van der Waals surface area contributed by atoms with Gasteiger partial charge >= 0.3 is 12.4 Å². The summed E-state index contributed by atoms with van der Waals surface area (Å²) in [5.74, 6) is -1.06. The van der Waals surface area contributed by atoms with Crippen molar-refractivity contribution in [1.29, 1.82) is 0 Å². The molecular formula is C29H44F6O2. The Morgan fingerprint density at radius 3 is 1.97 bits per heavy atom. The molecule has 0 amide bonds. The third kappa shape index (κ3) is 8.71. The Morgan fingerprint density at radius 1 is 0.865 bits per heavy atom. The predicted molar refractivity (Wildman–Crippen MR) is 135 cm³/mol. The van der Waals surface area contributed by atoms with Gasteiger partial charge in [-0.1, -0.05) is 52.9 Å². The lowest BCUT2D eigenvalue weighted by Gasteiger charge is -2.39. The second-order valence-corrected chi connectivity index (χ2v) is 11.8. The zero-order valence-electron chi connectivity index (χ0n) is 23.1. The zero-order valence-corrected chi connectivity index (χ0v) is 23.1. The van der Waals surface area contributed by atoms with Crippen LogP contribution in [-0.4, -0.2) is 16.9 Å². The Morgan fingerprint density at radius 2 is 1.43 bits per heavy atom. The van der Waals surface area contributed by atoms with Crippen LogP contribution in [0.4, 0.5) is 26.3 Å². The maximum absolute atomic E-state index is 13.9. The number of hydrogen-bond acceptors (Lipinski definition) is 2. The minimum Gasteiger partial charge on any atom is -0.507 e. The molecule has 214 valence electrons. The molecule has 0 fully saturated rings. The van der Waals surface area contributed by atoms with Crippen molar-refractivity contribution in [3.8, 4) is 11.5 Å². The first-order chi connectivity index (χ1) is 17.0. The number of hydrogen-bond donors (Lipinski definition) is 1. The van der Waals surface area contributed by atoms with Crippen molar-refractivity contribution in [2.24, 2.45) is 17.8 Å². The first-order valence-electron chi connectivity index (χ1n) is 13.6. The third-order valence-corrected chi connectivity index (χ3v) is 8.02. The monoisotopic (exact) mass is 538 g/mol. The number of aromatic hydroxyl groups is 1. The number of phenolic OH excluding ortho intramolecular Hbond substituents is 1. The second kappa shape index (κ2) is 12.5. The molecular weight excluding hydrogens is 494 g/mol. The summed E-state index contributed by atoms with van der Waals surface area (Å²) < 4.78 is 88.6. The number of halogens is 6. The first-order valence-corrected chi connectivity index (χ1v) is 13.6. The summed E-state index contributed by atoms with van der Waals surface area (Å²) in [5, 5.41) is 10.2. The zero-order chi connectivity index (χ0) is 28.2. The van der Waals surface area contributed by atoms with Gasteiger partial charge in [0, 0.05) is 11.1 Å². The average Bonchev–Trinajstić information content (AvgIpc) is 2.74. The summed E-state index contributed by atoms with van der Waals surface area (Å²) >= 11 is 0. The van der Waals surface area contributed by atoms with Crippen LogP contribution in [0.3, 0.4) is 0 Å². The molecule has 3 atom stereocenters. The average molecular weight is 539 g/mol. The molecule has 1 aromatic rings. The van der Waals surface area contributed by atoms with Crippen molar-refractivity contribution < 1.29 is 36.2 Å². The summed E-state index contributed by atoms with van der Waals surface area (Å²) in [6.45, 7) is 10.9. The molecule has 37 heavy (non-hydrogen) atoms. The highest BCUT2D eigenvalue weighted by Crippen LogP contribution is 2.50. The molecule has 1 aliphatic rings. The SMILES string of the molecule is Cc1c(O)c(C)c(C(F)(F)F)c2c1CCC(C)(CCCC(CCCC(C)CCCC(C)C)C(F)(F)F)O2. The minimum atomic E-state index is -4.72. The Balaban J connectivity index is 2.01. The molecule has 1 N–H and O–H groups in total. The van der Waals surface area contributed by atoms with Crippen LogP contribution in [0.1, 0.15) is 114 Å². The molecule has 2 rings (SSSR count). The first kappa shape index (κ1) is 31.6. The minimum absolute atomic E-state index is 0.0587. The van der Waals surface area contributed by atoms with Gasteiger partial charge in [0.25, 0.3) is 0 Å². The summed E-state index contributed by atoms with van der Waals surface area (Å²) in [6, 6.07) is 0. The lowest BCUT2D eigenvalue weighted by atomic mass is 9.83. The number of ether oxygens (including phenoxy) is 1. The van der Waals surface area contributed by atoms with Gasteiger partial charge in [0.2, 0.25) is 0 Å². The van der Waals surface area contributed by atoms with Crippen molar-refractivity contribution in [3.63, 3.8) is 0 Å². The molecule has 1 aliphatic heterocycles. The number of alkyl halides is 6. The van der Waals surface area contributed by atoms with Gasteiger partial charge in [-0.05, 0) is 76.7 Å². The van der Waals surface area contributed by atoms with Gasteiger partial charge in [0.1, 0.15) is 22.7 Å². The van der Waals surface area contributed by atoms with Crippen molar-refractivity contribution in [2.45, 2.75) is 130 Å². The third-order valence-electron chi connectivity index (χ3n) is 8.02. The topological polar surface area (TPSA) is 29.5 Å². The van der Waals surface area contributed by atoms with Crippen LogP contribution in [0.2, 0.25) is 0 Å². The lowest BCUT2D eigenvalue weighted by molar-refractivity contribution is -0.179. The highest BCUT2D eigenvalue weighted by atomic mass is 19.4. The molecule has 1 heterocycles. The maximum atomic E-state index is 13.9. The molecule has 0 bridgehead atoms. The normalized spacial score (nSPS) is 20.0. The molecule has 3 unspecified atom stereocenters. The van der Waals surface area contributed by atoms with E-state index in [1.54, 1.807) is 13.8 Å². The quantitative estimate of drug-likeness (QED) is 0.268. The van der Waals surface area contributed by atoms with Crippen LogP contribution < -0.4 is 4.74 Å². The van der Waals surface area contributed by atoms with Gasteiger partial charge in [0.05, 0.1) is 5.92 Å². The van der Waals surface area contributed by atoms with E-state index < -0.39 is 29.4 Å². The van der Waals surface area contributed by atoms with Crippen LogP contribution in [0.5, 0.6) is 11.5 Å². The standard InChI is InChI=1S/C29H44F6O2/c1-18(2)10-7-11-19(3)12-8-13-22(28(30,31)32)14-9-16-27(6)17-15-23-20(4)25(36)21(5)24(26(23)37-27)29(33,34)35/h18-19,22,36H,7-17H2,1-6H3. The molecule has 0 radical (unpaired) electrons. The Kier molecular flexibility index (Phi) is 10.7. The van der Waals surface area contributed by atoms with Crippen molar-refractivity contribution in [3.05, 3.63) is 22.3 Å². The Bertz CT molecular complexity index is 890. The van der Waals surface area contributed by atoms with Gasteiger partial charge in [-0.3, -0.25) is 0 Å². The lowest BCUT2D eigenvalue weighted by Crippen LogP contribution is -2.38. The van der Waals surface area contributed by atoms with Crippen molar-refractivity contribution in [1.82, 2.24) is 0 Å². The van der Waals surface area contributed by atoms with Crippen LogP contribution in [0, 0.1) is 31.6 Å². The number of rotatable bonds is 12. The van der Waals surface area contributed by atoms with Gasteiger partial charge in [-0.2, -0.15) is 26.3 Å². The molecule has 0 aliphatic carbocycles. The van der Waals surface area contributed by atoms with E-state index in [9.17, 15) is 31.4 Å². The molecule has 1 aromatic carbocycles. The predicted octanol–water partition coefficient (Wildman–Crippen LogP) is 10.1. The number of benzene rings is 1. The highest BCUT2D eigenvalue weighted by molar-refractivity contribution is 5.59. The number of phenols is 1. The highest BCUT2D eigenvalue weighted by Gasteiger charge is 2.44. The summed E-state index contributed by atoms with van der Waals surface area (Å²) in [7, 11) is 0. The fraction of sp³-hybridized carbons (Fsp3) is 0.793. The molecule has 2 nitrogen and oxygen atoms in total. The van der Waals surface area contributed by atoms with Crippen LogP contribution in [-0.2, 0) is 12.6 Å². The van der Waals surface area contributed by atoms with Crippen LogP contribution in [0.15, 0.2) is 0 Å². The fourth-order valence-electron chi connectivity index (χ4n) is 5.58. The van der Waals surface area contributed by atoms with E-state index >= 15 is 0 Å². The molecule has 0 saturated carbocycles. The van der Waals surface area contributed by atoms with Gasteiger partial charge in [0.15, 0.2) is 0 Å². The van der Waals surface area contributed by atoms with Crippen LogP contribution >= 0.6 is 0 Å². The second-order valence-electron chi connectivity index (χ2n) is 11.8.